The van der Waals surface area contributed by atoms with Crippen molar-refractivity contribution in [2.24, 2.45) is 0 Å². The van der Waals surface area contributed by atoms with Crippen LogP contribution in [0.5, 0.6) is 0 Å². The van der Waals surface area contributed by atoms with Gasteiger partial charge in [-0.25, -0.2) is 8.78 Å². The average Bonchev–Trinajstić information content (AvgIpc) is 2.90. The van der Waals surface area contributed by atoms with E-state index in [1.165, 1.54) is 17.7 Å². The second-order valence-corrected chi connectivity index (χ2v) is 10.4. The van der Waals surface area contributed by atoms with Crippen LogP contribution in [0.2, 0.25) is 0 Å². The van der Waals surface area contributed by atoms with Gasteiger partial charge in [0.15, 0.2) is 0 Å². The number of carbonyl (C=O) groups excluding carboxylic acids is 1. The fourth-order valence-corrected chi connectivity index (χ4v) is 4.71. The van der Waals surface area contributed by atoms with Crippen molar-refractivity contribution in [3.8, 4) is 0 Å². The highest BCUT2D eigenvalue weighted by molar-refractivity contribution is 5.94. The Morgan fingerprint density at radius 2 is 1.73 bits per heavy atom. The first-order chi connectivity index (χ1) is 19.2. The normalized spacial score (nSPS) is 12.9. The van der Waals surface area contributed by atoms with Crippen molar-refractivity contribution in [1.29, 1.82) is 0 Å². The maximum atomic E-state index is 13.9. The number of ether oxygens (including phenoxy) is 1. The summed E-state index contributed by atoms with van der Waals surface area (Å²) in [6.07, 6.45) is -0.0135. The SMILES string of the molecule is CCc1cccc(CNC[C@H](O)[C@H](Cc2cc(F)cc(F)c2)NC(=O)c2cc(C)cc(CN(C)CCOC)c2)c1. The van der Waals surface area contributed by atoms with E-state index < -0.39 is 23.8 Å². The molecule has 0 fully saturated rings. The number of carbonyl (C=O) groups is 1. The molecule has 0 aliphatic carbocycles. The highest BCUT2D eigenvalue weighted by Crippen LogP contribution is 2.15. The summed E-state index contributed by atoms with van der Waals surface area (Å²) in [4.78, 5) is 15.5. The summed E-state index contributed by atoms with van der Waals surface area (Å²) < 4.78 is 33.0. The predicted octanol–water partition coefficient (Wildman–Crippen LogP) is 4.41. The Kier molecular flexibility index (Phi) is 12.2. The van der Waals surface area contributed by atoms with Crippen LogP contribution in [0.4, 0.5) is 8.78 Å². The maximum Gasteiger partial charge on any atom is 0.251 e. The lowest BCUT2D eigenvalue weighted by Gasteiger charge is -2.25. The second-order valence-electron chi connectivity index (χ2n) is 10.4. The van der Waals surface area contributed by atoms with Gasteiger partial charge in [-0.1, -0.05) is 42.8 Å². The Hall–Kier alpha value is -3.17. The van der Waals surface area contributed by atoms with Crippen LogP contribution in [-0.4, -0.2) is 61.9 Å². The van der Waals surface area contributed by atoms with Gasteiger partial charge in [-0.05, 0) is 73.3 Å². The molecule has 2 atom stereocenters. The number of nitrogens with zero attached hydrogens (tertiary/aromatic N) is 1. The van der Waals surface area contributed by atoms with Gasteiger partial charge in [0.1, 0.15) is 11.6 Å². The molecule has 6 nitrogen and oxygen atoms in total. The summed E-state index contributed by atoms with van der Waals surface area (Å²) in [6, 6.07) is 16.3. The molecular weight excluding hydrogens is 512 g/mol. The third kappa shape index (κ3) is 10.1. The Balaban J connectivity index is 1.74. The van der Waals surface area contributed by atoms with Gasteiger partial charge in [-0.3, -0.25) is 9.69 Å². The smallest absolute Gasteiger partial charge is 0.251 e. The number of benzene rings is 3. The van der Waals surface area contributed by atoms with Crippen LogP contribution in [0.3, 0.4) is 0 Å². The third-order valence-electron chi connectivity index (χ3n) is 6.77. The lowest BCUT2D eigenvalue weighted by molar-refractivity contribution is 0.0829. The Morgan fingerprint density at radius 1 is 1.00 bits per heavy atom. The number of methoxy groups -OCH3 is 1. The molecule has 0 heterocycles. The van der Waals surface area contributed by atoms with Gasteiger partial charge in [0, 0.05) is 44.9 Å². The van der Waals surface area contributed by atoms with Crippen molar-refractivity contribution < 1.29 is 23.4 Å². The van der Waals surface area contributed by atoms with Gasteiger partial charge in [-0.15, -0.1) is 0 Å². The molecule has 0 saturated heterocycles. The number of halogens is 2. The van der Waals surface area contributed by atoms with E-state index in [-0.39, 0.29) is 18.9 Å². The highest BCUT2D eigenvalue weighted by atomic mass is 19.1. The number of hydrogen-bond acceptors (Lipinski definition) is 5. The first-order valence-corrected chi connectivity index (χ1v) is 13.7. The Bertz CT molecular complexity index is 1230. The number of amides is 1. The van der Waals surface area contributed by atoms with E-state index in [9.17, 15) is 18.7 Å². The van der Waals surface area contributed by atoms with Crippen LogP contribution in [0.1, 0.15) is 45.1 Å². The molecule has 3 aromatic rings. The van der Waals surface area contributed by atoms with E-state index in [0.29, 0.717) is 30.8 Å². The fraction of sp³-hybridized carbons (Fsp3) is 0.406. The predicted molar refractivity (Wildman–Crippen MR) is 154 cm³/mol. The number of nitrogens with one attached hydrogen (secondary N) is 2. The molecule has 0 radical (unpaired) electrons. The number of rotatable bonds is 15. The summed E-state index contributed by atoms with van der Waals surface area (Å²) in [5.74, 6) is -1.77. The number of hydrogen-bond donors (Lipinski definition) is 3. The van der Waals surface area contributed by atoms with Crippen molar-refractivity contribution >= 4 is 5.91 Å². The fourth-order valence-electron chi connectivity index (χ4n) is 4.71. The van der Waals surface area contributed by atoms with Gasteiger partial charge in [0.2, 0.25) is 0 Å². The van der Waals surface area contributed by atoms with E-state index in [1.807, 2.05) is 38.2 Å². The molecule has 3 aromatic carbocycles. The molecule has 0 aromatic heterocycles. The number of aliphatic hydroxyl groups excluding tert-OH is 1. The largest absolute Gasteiger partial charge is 0.390 e. The molecule has 0 bridgehead atoms. The summed E-state index contributed by atoms with van der Waals surface area (Å²) in [6.45, 7) is 6.74. The standard InChI is InChI=1S/C32H41F2N3O3/c1-5-23-7-6-8-24(13-23)19-35-20-31(38)30(17-25-15-28(33)18-29(34)16-25)36-32(39)27-12-22(2)11-26(14-27)21-37(3)9-10-40-4/h6-8,11-16,18,30-31,35,38H,5,9-10,17,19-21H2,1-4H3,(H,36,39)/t30-,31-/m0/s1. The van der Waals surface area contributed by atoms with Gasteiger partial charge in [0.05, 0.1) is 18.8 Å². The molecule has 0 spiro atoms. The topological polar surface area (TPSA) is 73.8 Å². The monoisotopic (exact) mass is 553 g/mol. The quantitative estimate of drug-likeness (QED) is 0.260. The number of aryl methyl sites for hydroxylation is 2. The summed E-state index contributed by atoms with van der Waals surface area (Å²) in [5, 5.41) is 17.3. The number of aliphatic hydroxyl groups is 1. The maximum absolute atomic E-state index is 13.9. The highest BCUT2D eigenvalue weighted by Gasteiger charge is 2.23. The first kappa shape index (κ1) is 31.4. The summed E-state index contributed by atoms with van der Waals surface area (Å²) in [7, 11) is 3.64. The zero-order chi connectivity index (χ0) is 29.1. The second kappa shape index (κ2) is 15.6. The molecule has 0 aliphatic heterocycles. The molecule has 3 N–H and O–H groups in total. The van der Waals surface area contributed by atoms with Crippen molar-refractivity contribution in [1.82, 2.24) is 15.5 Å². The van der Waals surface area contributed by atoms with Crippen LogP contribution in [0, 0.1) is 18.6 Å². The van der Waals surface area contributed by atoms with Crippen molar-refractivity contribution in [2.45, 2.75) is 51.9 Å². The summed E-state index contributed by atoms with van der Waals surface area (Å²) in [5.41, 5.74) is 5.03. The van der Waals surface area contributed by atoms with Crippen molar-refractivity contribution in [2.75, 3.05) is 33.9 Å². The molecule has 1 amide bonds. The molecule has 3 rings (SSSR count). The van der Waals surface area contributed by atoms with Crippen LogP contribution in [0.15, 0.2) is 60.7 Å². The first-order valence-electron chi connectivity index (χ1n) is 13.7. The van der Waals surface area contributed by atoms with E-state index in [0.717, 1.165) is 35.7 Å². The van der Waals surface area contributed by atoms with Crippen LogP contribution >= 0.6 is 0 Å². The molecule has 40 heavy (non-hydrogen) atoms. The number of likely N-dealkylation sites (N-methyl/N-ethyl adjacent to an activating group) is 1. The van der Waals surface area contributed by atoms with Crippen molar-refractivity contribution in [3.05, 3.63) is 106 Å². The molecule has 216 valence electrons. The van der Waals surface area contributed by atoms with E-state index in [4.69, 9.17) is 4.74 Å². The molecule has 0 saturated carbocycles. The van der Waals surface area contributed by atoms with E-state index in [2.05, 4.69) is 34.6 Å². The van der Waals surface area contributed by atoms with Gasteiger partial charge >= 0.3 is 0 Å². The lowest BCUT2D eigenvalue weighted by atomic mass is 9.99. The summed E-state index contributed by atoms with van der Waals surface area (Å²) >= 11 is 0. The average molecular weight is 554 g/mol. The third-order valence-corrected chi connectivity index (χ3v) is 6.77. The lowest BCUT2D eigenvalue weighted by Crippen LogP contribution is -2.48. The minimum absolute atomic E-state index is 0.0625. The molecule has 0 unspecified atom stereocenters. The van der Waals surface area contributed by atoms with Crippen LogP contribution < -0.4 is 10.6 Å². The molecular formula is C32H41F2N3O3. The zero-order valence-electron chi connectivity index (χ0n) is 23.8. The van der Waals surface area contributed by atoms with Crippen molar-refractivity contribution in [3.63, 3.8) is 0 Å². The van der Waals surface area contributed by atoms with Crippen LogP contribution in [0.25, 0.3) is 0 Å². The molecule has 8 heteroatoms. The van der Waals surface area contributed by atoms with E-state index in [1.54, 1.807) is 13.2 Å². The minimum Gasteiger partial charge on any atom is -0.390 e. The van der Waals surface area contributed by atoms with Crippen LogP contribution in [-0.2, 0) is 30.7 Å². The minimum atomic E-state index is -1.01. The Labute approximate surface area is 236 Å². The van der Waals surface area contributed by atoms with Gasteiger partial charge in [0.25, 0.3) is 5.91 Å². The van der Waals surface area contributed by atoms with Gasteiger partial charge in [-0.2, -0.15) is 0 Å². The zero-order valence-corrected chi connectivity index (χ0v) is 23.8. The Morgan fingerprint density at radius 3 is 2.42 bits per heavy atom. The molecule has 0 aliphatic rings. The van der Waals surface area contributed by atoms with E-state index >= 15 is 0 Å². The van der Waals surface area contributed by atoms with Gasteiger partial charge < -0.3 is 20.5 Å².